The van der Waals surface area contributed by atoms with Crippen LogP contribution in [-0.4, -0.2) is 19.8 Å². The molecule has 68 valence electrons. The molecule has 0 fully saturated rings. The van der Waals surface area contributed by atoms with Crippen molar-refractivity contribution in [3.8, 4) is 11.5 Å². The first kappa shape index (κ1) is 11.5. The average molecular weight is 182 g/mol. The van der Waals surface area contributed by atoms with Crippen molar-refractivity contribution in [2.24, 2.45) is 5.92 Å². The molecule has 0 saturated heterocycles. The minimum Gasteiger partial charge on any atom is -0.396 e. The van der Waals surface area contributed by atoms with E-state index < -0.39 is 8.07 Å². The van der Waals surface area contributed by atoms with E-state index in [4.69, 9.17) is 5.11 Å². The number of rotatable bonds is 3. The molecule has 0 aromatic rings. The molecule has 2 heteroatoms. The first-order valence-electron chi connectivity index (χ1n) is 4.23. The first-order valence-corrected chi connectivity index (χ1v) is 7.73. The van der Waals surface area contributed by atoms with Gasteiger partial charge in [0.05, 0.1) is 6.61 Å². The molecule has 1 nitrogen and oxygen atoms in total. The number of aliphatic hydroxyl groups is 1. The van der Waals surface area contributed by atoms with Gasteiger partial charge in [0, 0.05) is 12.3 Å². The molecule has 1 unspecified atom stereocenters. The summed E-state index contributed by atoms with van der Waals surface area (Å²) in [6, 6.07) is 0. The lowest BCUT2D eigenvalue weighted by molar-refractivity contribution is 0.255. The molecular formula is C10H18OSi. The van der Waals surface area contributed by atoms with Crippen LogP contribution in [0, 0.1) is 17.4 Å². The number of hydrogen-bond donors (Lipinski definition) is 1. The van der Waals surface area contributed by atoms with Gasteiger partial charge in [0.25, 0.3) is 0 Å². The molecule has 1 atom stereocenters. The van der Waals surface area contributed by atoms with E-state index in [1.807, 2.05) is 0 Å². The summed E-state index contributed by atoms with van der Waals surface area (Å²) in [5, 5.41) is 8.83. The van der Waals surface area contributed by atoms with Crippen LogP contribution < -0.4 is 0 Å². The molecule has 0 saturated carbocycles. The molecule has 1 N–H and O–H groups in total. The maximum atomic E-state index is 8.83. The number of hydrogen-bond acceptors (Lipinski definition) is 1. The van der Waals surface area contributed by atoms with Crippen molar-refractivity contribution in [3.05, 3.63) is 12.7 Å². The lowest BCUT2D eigenvalue weighted by Crippen LogP contribution is -2.16. The second-order valence-electron chi connectivity index (χ2n) is 3.93. The van der Waals surface area contributed by atoms with Crippen LogP contribution >= 0.6 is 0 Å². The maximum absolute atomic E-state index is 8.83. The van der Waals surface area contributed by atoms with E-state index in [9.17, 15) is 0 Å². The lowest BCUT2D eigenvalue weighted by Gasteiger charge is -2.05. The van der Waals surface area contributed by atoms with Gasteiger partial charge in [0.2, 0.25) is 0 Å². The normalized spacial score (nSPS) is 13.0. The Hall–Kier alpha value is -0.523. The van der Waals surface area contributed by atoms with Gasteiger partial charge in [-0.05, 0) is 0 Å². The molecule has 0 bridgehead atoms. The molecule has 0 spiro atoms. The Kier molecular flexibility index (Phi) is 4.95. The second-order valence-corrected chi connectivity index (χ2v) is 8.68. The van der Waals surface area contributed by atoms with E-state index in [2.05, 4.69) is 37.7 Å². The van der Waals surface area contributed by atoms with Crippen LogP contribution in [0.5, 0.6) is 0 Å². The molecule has 0 radical (unpaired) electrons. The summed E-state index contributed by atoms with van der Waals surface area (Å²) in [7, 11) is -1.23. The van der Waals surface area contributed by atoms with Crippen LogP contribution in [0.15, 0.2) is 12.7 Å². The molecule has 0 aliphatic rings. The zero-order valence-corrected chi connectivity index (χ0v) is 9.22. The highest BCUT2D eigenvalue weighted by Crippen LogP contribution is 2.02. The van der Waals surface area contributed by atoms with Crippen molar-refractivity contribution in [2.45, 2.75) is 26.1 Å². The van der Waals surface area contributed by atoms with Crippen LogP contribution in [0.4, 0.5) is 0 Å². The van der Waals surface area contributed by atoms with Gasteiger partial charge < -0.3 is 5.11 Å². The van der Waals surface area contributed by atoms with Crippen molar-refractivity contribution in [1.29, 1.82) is 0 Å². The topological polar surface area (TPSA) is 20.2 Å². The van der Waals surface area contributed by atoms with E-state index in [0.717, 1.165) is 6.42 Å². The fourth-order valence-corrected chi connectivity index (χ4v) is 1.30. The maximum Gasteiger partial charge on any atom is 0.129 e. The van der Waals surface area contributed by atoms with Crippen LogP contribution in [-0.2, 0) is 0 Å². The van der Waals surface area contributed by atoms with Gasteiger partial charge in [-0.3, -0.25) is 0 Å². The quantitative estimate of drug-likeness (QED) is 0.402. The Morgan fingerprint density at radius 3 is 2.42 bits per heavy atom. The Morgan fingerprint density at radius 1 is 1.50 bits per heavy atom. The third-order valence-corrected chi connectivity index (χ3v) is 2.32. The highest BCUT2D eigenvalue weighted by atomic mass is 28.3. The standard InChI is InChI=1S/C10H18OSi/c1-5-10(9-11)7-6-8-12(2,3)4/h5,10-11H,1,7,9H2,2-4H3. The number of aliphatic hydroxyl groups excluding tert-OH is 1. The molecule has 0 heterocycles. The van der Waals surface area contributed by atoms with Gasteiger partial charge in [0.15, 0.2) is 0 Å². The van der Waals surface area contributed by atoms with Crippen LogP contribution in [0.3, 0.4) is 0 Å². The Balaban J connectivity index is 3.92. The van der Waals surface area contributed by atoms with Crippen LogP contribution in [0.2, 0.25) is 19.6 Å². The van der Waals surface area contributed by atoms with Crippen molar-refractivity contribution in [2.75, 3.05) is 6.61 Å². The fourth-order valence-electron chi connectivity index (χ4n) is 0.670. The van der Waals surface area contributed by atoms with E-state index in [1.54, 1.807) is 6.08 Å². The third kappa shape index (κ3) is 6.20. The minimum atomic E-state index is -1.23. The SMILES string of the molecule is C=CC(CO)CC#C[Si](C)(C)C. The zero-order valence-electron chi connectivity index (χ0n) is 8.22. The van der Waals surface area contributed by atoms with Crippen LogP contribution in [0.1, 0.15) is 6.42 Å². The first-order chi connectivity index (χ1) is 5.49. The van der Waals surface area contributed by atoms with Gasteiger partial charge >= 0.3 is 0 Å². The summed E-state index contributed by atoms with van der Waals surface area (Å²) >= 11 is 0. The van der Waals surface area contributed by atoms with Gasteiger partial charge in [0.1, 0.15) is 8.07 Å². The zero-order chi connectivity index (χ0) is 9.61. The summed E-state index contributed by atoms with van der Waals surface area (Å²) in [6.45, 7) is 10.4. The summed E-state index contributed by atoms with van der Waals surface area (Å²) in [4.78, 5) is 0. The van der Waals surface area contributed by atoms with E-state index in [-0.39, 0.29) is 12.5 Å². The molecule has 0 rings (SSSR count). The largest absolute Gasteiger partial charge is 0.396 e. The summed E-state index contributed by atoms with van der Waals surface area (Å²) < 4.78 is 0. The Bertz CT molecular complexity index is 192. The molecule has 0 aliphatic heterocycles. The molecule has 12 heavy (non-hydrogen) atoms. The molecule has 0 aliphatic carbocycles. The van der Waals surface area contributed by atoms with Crippen molar-refractivity contribution in [1.82, 2.24) is 0 Å². The van der Waals surface area contributed by atoms with Gasteiger partial charge in [-0.15, -0.1) is 18.0 Å². The van der Waals surface area contributed by atoms with Gasteiger partial charge in [-0.1, -0.05) is 25.7 Å². The molecule has 0 aromatic carbocycles. The molecular weight excluding hydrogens is 164 g/mol. The smallest absolute Gasteiger partial charge is 0.129 e. The van der Waals surface area contributed by atoms with Gasteiger partial charge in [-0.2, -0.15) is 0 Å². The minimum absolute atomic E-state index is 0.147. The predicted octanol–water partition coefficient (Wildman–Crippen LogP) is 2.05. The molecule has 0 amide bonds. The Labute approximate surface area is 76.5 Å². The van der Waals surface area contributed by atoms with Crippen LogP contribution in [0.25, 0.3) is 0 Å². The predicted molar refractivity (Wildman–Crippen MR) is 56.5 cm³/mol. The second kappa shape index (κ2) is 5.18. The third-order valence-electron chi connectivity index (χ3n) is 1.40. The van der Waals surface area contributed by atoms with Crippen molar-refractivity contribution in [3.63, 3.8) is 0 Å². The molecule has 0 aromatic heterocycles. The monoisotopic (exact) mass is 182 g/mol. The average Bonchev–Trinajstić information content (AvgIpc) is 1.96. The van der Waals surface area contributed by atoms with Gasteiger partial charge in [-0.25, -0.2) is 0 Å². The van der Waals surface area contributed by atoms with Crippen molar-refractivity contribution >= 4 is 8.07 Å². The van der Waals surface area contributed by atoms with Crippen molar-refractivity contribution < 1.29 is 5.11 Å². The summed E-state index contributed by atoms with van der Waals surface area (Å²) in [6.07, 6.45) is 2.50. The van der Waals surface area contributed by atoms with E-state index in [1.165, 1.54) is 0 Å². The summed E-state index contributed by atoms with van der Waals surface area (Å²) in [5.74, 6) is 3.25. The lowest BCUT2D eigenvalue weighted by atomic mass is 10.1. The summed E-state index contributed by atoms with van der Waals surface area (Å²) in [5.41, 5.74) is 3.25. The fraction of sp³-hybridized carbons (Fsp3) is 0.600. The Morgan fingerprint density at radius 2 is 2.08 bits per heavy atom. The highest BCUT2D eigenvalue weighted by Gasteiger charge is 2.07. The van der Waals surface area contributed by atoms with E-state index >= 15 is 0 Å². The highest BCUT2D eigenvalue weighted by molar-refractivity contribution is 6.83. The van der Waals surface area contributed by atoms with E-state index in [0.29, 0.717) is 0 Å².